The van der Waals surface area contributed by atoms with Crippen molar-refractivity contribution in [1.82, 2.24) is 14.9 Å². The Bertz CT molecular complexity index is 739. The van der Waals surface area contributed by atoms with E-state index in [2.05, 4.69) is 14.9 Å². The molecule has 0 bridgehead atoms. The Morgan fingerprint density at radius 1 is 1.50 bits per heavy atom. The Morgan fingerprint density at radius 3 is 3.04 bits per heavy atom. The molecule has 0 aliphatic carbocycles. The molecule has 2 aromatic heterocycles. The van der Waals surface area contributed by atoms with Gasteiger partial charge in [0.1, 0.15) is 5.52 Å². The molecule has 0 saturated carbocycles. The second-order valence-corrected chi connectivity index (χ2v) is 5.70. The molecule has 24 heavy (non-hydrogen) atoms. The number of nitrogens with two attached hydrogens (primary N) is 1. The lowest BCUT2D eigenvalue weighted by Gasteiger charge is -2.26. The zero-order valence-electron chi connectivity index (χ0n) is 13.6. The summed E-state index contributed by atoms with van der Waals surface area (Å²) in [7, 11) is 1.58. The van der Waals surface area contributed by atoms with Gasteiger partial charge in [-0.25, -0.2) is 9.78 Å². The summed E-state index contributed by atoms with van der Waals surface area (Å²) in [5.74, 6) is 0.530. The highest BCUT2D eigenvalue weighted by Gasteiger charge is 2.31. The molecule has 3 heterocycles. The number of aromatic nitrogens is 2. The molecule has 1 aliphatic rings. The Hall–Kier alpha value is -2.61. The zero-order valence-corrected chi connectivity index (χ0v) is 13.6. The molecule has 0 spiro atoms. The van der Waals surface area contributed by atoms with Gasteiger partial charge in [-0.15, -0.1) is 0 Å². The molecule has 2 aromatic rings. The lowest BCUT2D eigenvalue weighted by Crippen LogP contribution is -2.43. The van der Waals surface area contributed by atoms with E-state index in [1.54, 1.807) is 19.4 Å². The first-order chi connectivity index (χ1) is 11.6. The van der Waals surface area contributed by atoms with Gasteiger partial charge in [-0.3, -0.25) is 4.98 Å². The van der Waals surface area contributed by atoms with Crippen molar-refractivity contribution in [3.8, 4) is 5.88 Å². The number of carboxylic acid groups (broad SMARTS) is 1. The van der Waals surface area contributed by atoms with E-state index >= 15 is 0 Å². The number of ether oxygens (including phenoxy) is 1. The molecule has 1 aliphatic heterocycles. The minimum Gasteiger partial charge on any atom is -0.481 e. The summed E-state index contributed by atoms with van der Waals surface area (Å²) in [6.45, 7) is 2.04. The van der Waals surface area contributed by atoms with Gasteiger partial charge in [0, 0.05) is 38.4 Å². The topological polar surface area (TPSA) is 105 Å². The van der Waals surface area contributed by atoms with Gasteiger partial charge in [0.2, 0.25) is 5.88 Å². The van der Waals surface area contributed by atoms with Gasteiger partial charge in [0.25, 0.3) is 0 Å². The average molecular weight is 331 g/mol. The van der Waals surface area contributed by atoms with Crippen molar-refractivity contribution in [2.45, 2.75) is 12.5 Å². The quantitative estimate of drug-likeness (QED) is 0.847. The van der Waals surface area contributed by atoms with Crippen LogP contribution < -0.4 is 15.4 Å². The minimum atomic E-state index is -0.924. The largest absolute Gasteiger partial charge is 0.481 e. The standard InChI is InChI=1S/C16H21N5O3/c1-24-14-3-2-12-15(19-14)13(4-7-18-12)20-8-5-11(10-20)21(9-6-17)16(22)23/h2-4,7,11H,5-6,8-10,17H2,1H3,(H,22,23). The van der Waals surface area contributed by atoms with E-state index in [4.69, 9.17) is 10.5 Å². The van der Waals surface area contributed by atoms with Crippen LogP contribution in [0.2, 0.25) is 0 Å². The van der Waals surface area contributed by atoms with Crippen molar-refractivity contribution in [1.29, 1.82) is 0 Å². The molecule has 1 unspecified atom stereocenters. The van der Waals surface area contributed by atoms with Gasteiger partial charge in [-0.2, -0.15) is 0 Å². The molecule has 0 radical (unpaired) electrons. The maximum atomic E-state index is 11.4. The molecule has 128 valence electrons. The van der Waals surface area contributed by atoms with Crippen LogP contribution in [0.1, 0.15) is 6.42 Å². The third kappa shape index (κ3) is 3.05. The van der Waals surface area contributed by atoms with Gasteiger partial charge in [-0.1, -0.05) is 0 Å². The fraction of sp³-hybridized carbons (Fsp3) is 0.438. The first kappa shape index (κ1) is 16.3. The van der Waals surface area contributed by atoms with Gasteiger partial charge in [0.05, 0.1) is 24.4 Å². The van der Waals surface area contributed by atoms with Crippen LogP contribution in [-0.2, 0) is 0 Å². The number of carbonyl (C=O) groups is 1. The second kappa shape index (κ2) is 6.88. The first-order valence-electron chi connectivity index (χ1n) is 7.88. The van der Waals surface area contributed by atoms with Crippen LogP contribution in [0.15, 0.2) is 24.4 Å². The van der Waals surface area contributed by atoms with Crippen molar-refractivity contribution >= 4 is 22.8 Å². The summed E-state index contributed by atoms with van der Waals surface area (Å²) in [5, 5.41) is 9.37. The van der Waals surface area contributed by atoms with Crippen molar-refractivity contribution in [2.24, 2.45) is 5.73 Å². The van der Waals surface area contributed by atoms with Crippen molar-refractivity contribution < 1.29 is 14.6 Å². The van der Waals surface area contributed by atoms with Crippen LogP contribution in [0.5, 0.6) is 5.88 Å². The zero-order chi connectivity index (χ0) is 17.1. The Kier molecular flexibility index (Phi) is 4.66. The Morgan fingerprint density at radius 2 is 2.33 bits per heavy atom. The minimum absolute atomic E-state index is 0.0696. The van der Waals surface area contributed by atoms with E-state index in [0.29, 0.717) is 25.5 Å². The Labute approximate surface area is 139 Å². The van der Waals surface area contributed by atoms with Crippen LogP contribution in [-0.4, -0.2) is 65.4 Å². The summed E-state index contributed by atoms with van der Waals surface area (Å²) >= 11 is 0. The smallest absolute Gasteiger partial charge is 0.407 e. The van der Waals surface area contributed by atoms with Crippen LogP contribution in [0, 0.1) is 0 Å². The van der Waals surface area contributed by atoms with Crippen molar-refractivity contribution in [2.75, 3.05) is 38.2 Å². The van der Waals surface area contributed by atoms with E-state index in [9.17, 15) is 9.90 Å². The predicted molar refractivity (Wildman–Crippen MR) is 90.5 cm³/mol. The molecule has 3 N–H and O–H groups in total. The average Bonchev–Trinajstić information content (AvgIpc) is 3.07. The van der Waals surface area contributed by atoms with Gasteiger partial charge in [-0.05, 0) is 18.6 Å². The number of anilines is 1. The number of methoxy groups -OCH3 is 1. The van der Waals surface area contributed by atoms with E-state index in [1.807, 2.05) is 12.1 Å². The highest BCUT2D eigenvalue weighted by molar-refractivity contribution is 5.88. The summed E-state index contributed by atoms with van der Waals surface area (Å²) in [6, 6.07) is 5.49. The van der Waals surface area contributed by atoms with Gasteiger partial charge in [0.15, 0.2) is 0 Å². The number of hydrogen-bond acceptors (Lipinski definition) is 6. The normalized spacial score (nSPS) is 17.2. The van der Waals surface area contributed by atoms with Crippen molar-refractivity contribution in [3.63, 3.8) is 0 Å². The van der Waals surface area contributed by atoms with Crippen LogP contribution in [0.3, 0.4) is 0 Å². The molecule has 8 nitrogen and oxygen atoms in total. The molecule has 8 heteroatoms. The summed E-state index contributed by atoms with van der Waals surface area (Å²) in [5.41, 5.74) is 8.03. The number of pyridine rings is 2. The molecule has 0 aromatic carbocycles. The number of fused-ring (bicyclic) bond motifs is 1. The number of amides is 1. The van der Waals surface area contributed by atoms with E-state index in [1.165, 1.54) is 4.90 Å². The monoisotopic (exact) mass is 331 g/mol. The highest BCUT2D eigenvalue weighted by atomic mass is 16.5. The van der Waals surface area contributed by atoms with Crippen LogP contribution in [0.4, 0.5) is 10.5 Å². The summed E-state index contributed by atoms with van der Waals surface area (Å²) in [6.07, 6.45) is 1.58. The first-order valence-corrected chi connectivity index (χ1v) is 7.88. The maximum Gasteiger partial charge on any atom is 0.407 e. The summed E-state index contributed by atoms with van der Waals surface area (Å²) < 4.78 is 5.21. The molecular formula is C16H21N5O3. The van der Waals surface area contributed by atoms with Gasteiger partial charge >= 0.3 is 6.09 Å². The molecule has 1 fully saturated rings. The Balaban J connectivity index is 1.88. The predicted octanol–water partition coefficient (Wildman–Crippen LogP) is 1.16. The SMILES string of the molecule is COc1ccc2nccc(N3CCC(N(CCN)C(=O)O)C3)c2n1. The van der Waals surface area contributed by atoms with Crippen molar-refractivity contribution in [3.05, 3.63) is 24.4 Å². The molecule has 3 rings (SSSR count). The highest BCUT2D eigenvalue weighted by Crippen LogP contribution is 2.29. The maximum absolute atomic E-state index is 11.4. The molecule has 1 atom stereocenters. The molecule has 1 saturated heterocycles. The van der Waals surface area contributed by atoms with E-state index < -0.39 is 6.09 Å². The number of hydrogen-bond donors (Lipinski definition) is 2. The van der Waals surface area contributed by atoms with Crippen LogP contribution in [0.25, 0.3) is 11.0 Å². The third-order valence-electron chi connectivity index (χ3n) is 4.31. The van der Waals surface area contributed by atoms with Gasteiger partial charge < -0.3 is 25.4 Å². The number of rotatable bonds is 5. The molecule has 1 amide bonds. The van der Waals surface area contributed by atoms with E-state index in [-0.39, 0.29) is 6.04 Å². The second-order valence-electron chi connectivity index (χ2n) is 5.70. The lowest BCUT2D eigenvalue weighted by molar-refractivity contribution is 0.130. The summed E-state index contributed by atoms with van der Waals surface area (Å²) in [4.78, 5) is 23.8. The third-order valence-corrected chi connectivity index (χ3v) is 4.31. The fourth-order valence-electron chi connectivity index (χ4n) is 3.15. The van der Waals surface area contributed by atoms with E-state index in [0.717, 1.165) is 29.7 Å². The lowest BCUT2D eigenvalue weighted by atomic mass is 10.2. The fourth-order valence-corrected chi connectivity index (χ4v) is 3.15. The molecular weight excluding hydrogens is 310 g/mol. The van der Waals surface area contributed by atoms with Crippen LogP contribution >= 0.6 is 0 Å². The number of nitrogens with zero attached hydrogens (tertiary/aromatic N) is 4.